The van der Waals surface area contributed by atoms with Crippen LogP contribution in [0.2, 0.25) is 0 Å². The van der Waals surface area contributed by atoms with Gasteiger partial charge in [0.25, 0.3) is 0 Å². The number of methoxy groups -OCH3 is 1. The quantitative estimate of drug-likeness (QED) is 0.741. The molecule has 1 N–H and O–H groups in total. The molecule has 0 aliphatic rings. The molecule has 1 atom stereocenters. The number of nitrogens with one attached hydrogen (secondary N) is 1. The highest BCUT2D eigenvalue weighted by atomic mass is 16.5. The van der Waals surface area contributed by atoms with Crippen molar-refractivity contribution in [2.75, 3.05) is 20.3 Å². The Morgan fingerprint density at radius 1 is 1.41 bits per heavy atom. The molecule has 0 aromatic carbocycles. The zero-order valence-corrected chi connectivity index (χ0v) is 11.7. The molecule has 0 radical (unpaired) electrons. The molecule has 0 bridgehead atoms. The van der Waals surface area contributed by atoms with Gasteiger partial charge in [0.2, 0.25) is 0 Å². The minimum Gasteiger partial charge on any atom is -0.383 e. The second-order valence-electron chi connectivity index (χ2n) is 4.52. The van der Waals surface area contributed by atoms with Gasteiger partial charge in [0.1, 0.15) is 0 Å². The largest absolute Gasteiger partial charge is 0.383 e. The molecule has 1 aromatic rings. The SMILES string of the molecule is CCC(C)n1nc(C)c(CNCCOC)c1C. The van der Waals surface area contributed by atoms with Crippen LogP contribution in [0, 0.1) is 13.8 Å². The maximum Gasteiger partial charge on any atom is 0.0641 e. The summed E-state index contributed by atoms with van der Waals surface area (Å²) in [5.41, 5.74) is 3.73. The van der Waals surface area contributed by atoms with Crippen molar-refractivity contribution in [3.63, 3.8) is 0 Å². The molecule has 98 valence electrons. The third-order valence-electron chi connectivity index (χ3n) is 3.27. The molecule has 0 saturated carbocycles. The molecule has 4 nitrogen and oxygen atoms in total. The van der Waals surface area contributed by atoms with E-state index in [-0.39, 0.29) is 0 Å². The third kappa shape index (κ3) is 3.54. The van der Waals surface area contributed by atoms with Crippen molar-refractivity contribution >= 4 is 0 Å². The standard InChI is InChI=1S/C13H25N3O/c1-6-10(2)16-12(4)13(11(3)15-16)9-14-7-8-17-5/h10,14H,6-9H2,1-5H3. The van der Waals surface area contributed by atoms with E-state index < -0.39 is 0 Å². The van der Waals surface area contributed by atoms with Gasteiger partial charge in [0.05, 0.1) is 12.3 Å². The zero-order chi connectivity index (χ0) is 12.8. The molecule has 0 amide bonds. The smallest absolute Gasteiger partial charge is 0.0641 e. The van der Waals surface area contributed by atoms with E-state index >= 15 is 0 Å². The highest BCUT2D eigenvalue weighted by molar-refractivity contribution is 5.24. The van der Waals surface area contributed by atoms with Crippen molar-refractivity contribution < 1.29 is 4.74 Å². The molecule has 0 saturated heterocycles. The first kappa shape index (κ1) is 14.2. The van der Waals surface area contributed by atoms with Gasteiger partial charge in [0, 0.05) is 37.5 Å². The van der Waals surface area contributed by atoms with Crippen molar-refractivity contribution in [3.05, 3.63) is 17.0 Å². The van der Waals surface area contributed by atoms with Crippen LogP contribution in [-0.2, 0) is 11.3 Å². The van der Waals surface area contributed by atoms with Crippen molar-refractivity contribution in [2.24, 2.45) is 0 Å². The summed E-state index contributed by atoms with van der Waals surface area (Å²) in [6.45, 7) is 11.1. The van der Waals surface area contributed by atoms with Gasteiger partial charge in [-0.05, 0) is 27.2 Å². The van der Waals surface area contributed by atoms with Crippen LogP contribution >= 0.6 is 0 Å². The normalized spacial score (nSPS) is 13.0. The summed E-state index contributed by atoms with van der Waals surface area (Å²) in [4.78, 5) is 0. The highest BCUT2D eigenvalue weighted by Crippen LogP contribution is 2.18. The minimum absolute atomic E-state index is 0.474. The van der Waals surface area contributed by atoms with Gasteiger partial charge >= 0.3 is 0 Å². The Morgan fingerprint density at radius 2 is 2.12 bits per heavy atom. The average Bonchev–Trinajstić information content (AvgIpc) is 2.60. The van der Waals surface area contributed by atoms with E-state index in [1.807, 2.05) is 0 Å². The van der Waals surface area contributed by atoms with Crippen LogP contribution in [0.3, 0.4) is 0 Å². The Balaban J connectivity index is 2.69. The van der Waals surface area contributed by atoms with Gasteiger partial charge < -0.3 is 10.1 Å². The summed E-state index contributed by atoms with van der Waals surface area (Å²) in [7, 11) is 1.72. The summed E-state index contributed by atoms with van der Waals surface area (Å²) in [6, 6.07) is 0.474. The number of hydrogen-bond donors (Lipinski definition) is 1. The number of rotatable bonds is 7. The van der Waals surface area contributed by atoms with Crippen molar-refractivity contribution in [3.8, 4) is 0 Å². The lowest BCUT2D eigenvalue weighted by Gasteiger charge is -2.12. The second kappa shape index (κ2) is 6.77. The summed E-state index contributed by atoms with van der Waals surface area (Å²) < 4.78 is 7.16. The predicted octanol–water partition coefficient (Wildman–Crippen LogP) is 2.21. The summed E-state index contributed by atoms with van der Waals surface area (Å²) in [5.74, 6) is 0. The van der Waals surface area contributed by atoms with Gasteiger partial charge in [-0.15, -0.1) is 0 Å². The Kier molecular flexibility index (Phi) is 5.65. The highest BCUT2D eigenvalue weighted by Gasteiger charge is 2.13. The van der Waals surface area contributed by atoms with Gasteiger partial charge in [0.15, 0.2) is 0 Å². The lowest BCUT2D eigenvalue weighted by atomic mass is 10.2. The first-order valence-electron chi connectivity index (χ1n) is 6.36. The minimum atomic E-state index is 0.474. The number of aromatic nitrogens is 2. The van der Waals surface area contributed by atoms with E-state index in [1.54, 1.807) is 7.11 Å². The molecule has 1 heterocycles. The van der Waals surface area contributed by atoms with E-state index in [9.17, 15) is 0 Å². The van der Waals surface area contributed by atoms with E-state index in [0.29, 0.717) is 6.04 Å². The Hall–Kier alpha value is -0.870. The average molecular weight is 239 g/mol. The lowest BCUT2D eigenvalue weighted by Crippen LogP contribution is -2.19. The predicted molar refractivity (Wildman–Crippen MR) is 70.3 cm³/mol. The molecule has 0 aliphatic carbocycles. The van der Waals surface area contributed by atoms with Crippen LogP contribution in [0.5, 0.6) is 0 Å². The van der Waals surface area contributed by atoms with Crippen LogP contribution in [0.15, 0.2) is 0 Å². The Morgan fingerprint density at radius 3 is 2.71 bits per heavy atom. The number of ether oxygens (including phenoxy) is 1. The fourth-order valence-corrected chi connectivity index (χ4v) is 1.94. The molecular formula is C13H25N3O. The van der Waals surface area contributed by atoms with Crippen LogP contribution in [-0.4, -0.2) is 30.0 Å². The number of nitrogens with zero attached hydrogens (tertiary/aromatic N) is 2. The maximum atomic E-state index is 5.02. The summed E-state index contributed by atoms with van der Waals surface area (Å²) >= 11 is 0. The van der Waals surface area contributed by atoms with Crippen LogP contribution < -0.4 is 5.32 Å². The Labute approximate surface area is 104 Å². The zero-order valence-electron chi connectivity index (χ0n) is 11.7. The second-order valence-corrected chi connectivity index (χ2v) is 4.52. The molecule has 1 rings (SSSR count). The van der Waals surface area contributed by atoms with Crippen LogP contribution in [0.25, 0.3) is 0 Å². The van der Waals surface area contributed by atoms with E-state index in [2.05, 4.69) is 42.8 Å². The van der Waals surface area contributed by atoms with Crippen molar-refractivity contribution in [1.29, 1.82) is 0 Å². The molecule has 1 aromatic heterocycles. The summed E-state index contributed by atoms with van der Waals surface area (Å²) in [5, 5.41) is 8.00. The van der Waals surface area contributed by atoms with Gasteiger partial charge in [-0.25, -0.2) is 0 Å². The van der Waals surface area contributed by atoms with E-state index in [1.165, 1.54) is 11.3 Å². The first-order valence-corrected chi connectivity index (χ1v) is 6.36. The van der Waals surface area contributed by atoms with Crippen molar-refractivity contribution in [2.45, 2.75) is 46.7 Å². The summed E-state index contributed by atoms with van der Waals surface area (Å²) in [6.07, 6.45) is 1.11. The molecule has 4 heteroatoms. The van der Waals surface area contributed by atoms with Crippen molar-refractivity contribution in [1.82, 2.24) is 15.1 Å². The fraction of sp³-hybridized carbons (Fsp3) is 0.769. The topological polar surface area (TPSA) is 39.1 Å². The maximum absolute atomic E-state index is 5.02. The molecule has 17 heavy (non-hydrogen) atoms. The van der Waals surface area contributed by atoms with Gasteiger partial charge in [-0.2, -0.15) is 5.10 Å². The number of aryl methyl sites for hydroxylation is 1. The molecule has 0 spiro atoms. The molecule has 0 fully saturated rings. The van der Waals surface area contributed by atoms with Gasteiger partial charge in [-0.1, -0.05) is 6.92 Å². The Bertz CT molecular complexity index is 347. The molecule has 1 unspecified atom stereocenters. The molecule has 0 aliphatic heterocycles. The van der Waals surface area contributed by atoms with Crippen LogP contribution in [0.1, 0.15) is 43.3 Å². The van der Waals surface area contributed by atoms with E-state index in [4.69, 9.17) is 4.74 Å². The van der Waals surface area contributed by atoms with Crippen LogP contribution in [0.4, 0.5) is 0 Å². The third-order valence-corrected chi connectivity index (χ3v) is 3.27. The van der Waals surface area contributed by atoms with Gasteiger partial charge in [-0.3, -0.25) is 4.68 Å². The lowest BCUT2D eigenvalue weighted by molar-refractivity contribution is 0.199. The van der Waals surface area contributed by atoms with E-state index in [0.717, 1.165) is 31.8 Å². The first-order chi connectivity index (χ1) is 8.11. The number of hydrogen-bond acceptors (Lipinski definition) is 3. The molecular weight excluding hydrogens is 214 g/mol. The monoisotopic (exact) mass is 239 g/mol. The fourth-order valence-electron chi connectivity index (χ4n) is 1.94.